The molecule has 0 fully saturated rings. The molecule has 0 aliphatic heterocycles. The molecule has 1 aromatic rings. The summed E-state index contributed by atoms with van der Waals surface area (Å²) in [6.07, 6.45) is 4.27. The molecule has 0 heterocycles. The first-order valence-electron chi connectivity index (χ1n) is 6.90. The van der Waals surface area contributed by atoms with Gasteiger partial charge >= 0.3 is 5.66 Å². The van der Waals surface area contributed by atoms with Crippen LogP contribution in [-0.4, -0.2) is 9.85 Å². The highest BCUT2D eigenvalue weighted by atomic mass is 16.7. The van der Waals surface area contributed by atoms with Crippen LogP contribution >= 0.6 is 0 Å². The first-order valence-corrected chi connectivity index (χ1v) is 6.90. The first-order chi connectivity index (χ1) is 9.55. The predicted octanol–water partition coefficient (Wildman–Crippen LogP) is 3.75. The number of nitro groups is 2. The highest BCUT2D eigenvalue weighted by Gasteiger charge is 2.57. The second kappa shape index (κ2) is 7.57. The molecule has 20 heavy (non-hydrogen) atoms. The van der Waals surface area contributed by atoms with Gasteiger partial charge in [-0.25, -0.2) is 0 Å². The van der Waals surface area contributed by atoms with Gasteiger partial charge in [0.05, 0.1) is 6.42 Å². The van der Waals surface area contributed by atoms with Crippen molar-refractivity contribution in [1.82, 2.24) is 0 Å². The first kappa shape index (κ1) is 16.1. The Morgan fingerprint density at radius 3 is 2.00 bits per heavy atom. The molecule has 1 rings (SSSR count). The van der Waals surface area contributed by atoms with Crippen molar-refractivity contribution in [3.63, 3.8) is 0 Å². The Morgan fingerprint density at radius 2 is 1.50 bits per heavy atom. The fraction of sp³-hybridized carbons (Fsp3) is 0.571. The molecule has 0 aliphatic carbocycles. The average molecular weight is 280 g/mol. The summed E-state index contributed by atoms with van der Waals surface area (Å²) in [5, 5.41) is 22.7. The second-order valence-corrected chi connectivity index (χ2v) is 4.86. The Bertz CT molecular complexity index is 434. The van der Waals surface area contributed by atoms with Crippen LogP contribution in [0.4, 0.5) is 0 Å². The van der Waals surface area contributed by atoms with E-state index in [2.05, 4.69) is 6.92 Å². The smallest absolute Gasteiger partial charge is 0.258 e. The van der Waals surface area contributed by atoms with E-state index in [0.29, 0.717) is 6.42 Å². The lowest BCUT2D eigenvalue weighted by Gasteiger charge is -2.17. The Kier molecular flexibility index (Phi) is 6.09. The molecule has 0 bridgehead atoms. The van der Waals surface area contributed by atoms with Gasteiger partial charge in [-0.2, -0.15) is 0 Å². The normalized spacial score (nSPS) is 11.2. The third-order valence-corrected chi connectivity index (χ3v) is 3.47. The maximum Gasteiger partial charge on any atom is 0.484 e. The van der Waals surface area contributed by atoms with E-state index in [1.54, 1.807) is 18.2 Å². The van der Waals surface area contributed by atoms with Crippen molar-refractivity contribution < 1.29 is 9.85 Å². The van der Waals surface area contributed by atoms with Gasteiger partial charge in [0.25, 0.3) is 0 Å². The minimum atomic E-state index is -2.21. The number of hydrogen-bond acceptors (Lipinski definition) is 4. The number of unbranched alkanes of at least 4 members (excludes halogenated alkanes) is 4. The van der Waals surface area contributed by atoms with Crippen LogP contribution < -0.4 is 0 Å². The van der Waals surface area contributed by atoms with Crippen molar-refractivity contribution in [3.8, 4) is 0 Å². The summed E-state index contributed by atoms with van der Waals surface area (Å²) in [6, 6.07) is 7.78. The Labute approximate surface area is 118 Å². The summed E-state index contributed by atoms with van der Waals surface area (Å²) >= 11 is 0. The number of rotatable bonds is 9. The Morgan fingerprint density at radius 1 is 0.950 bits per heavy atom. The van der Waals surface area contributed by atoms with Gasteiger partial charge < -0.3 is 0 Å². The molecule has 0 radical (unpaired) electrons. The summed E-state index contributed by atoms with van der Waals surface area (Å²) in [5.74, 6) is 0. The van der Waals surface area contributed by atoms with Crippen molar-refractivity contribution >= 4 is 0 Å². The van der Waals surface area contributed by atoms with Crippen LogP contribution in [0.25, 0.3) is 0 Å². The van der Waals surface area contributed by atoms with E-state index in [0.717, 1.165) is 25.7 Å². The molecular formula is C14H20N2O4. The third kappa shape index (κ3) is 3.53. The van der Waals surface area contributed by atoms with Crippen LogP contribution in [0.15, 0.2) is 30.3 Å². The fourth-order valence-electron chi connectivity index (χ4n) is 2.28. The van der Waals surface area contributed by atoms with E-state index in [9.17, 15) is 20.2 Å². The molecular weight excluding hydrogens is 260 g/mol. The summed E-state index contributed by atoms with van der Waals surface area (Å²) in [4.78, 5) is 21.2. The number of hydrogen-bond donors (Lipinski definition) is 0. The molecule has 0 unspecified atom stereocenters. The summed E-state index contributed by atoms with van der Waals surface area (Å²) in [5.41, 5.74) is -2.07. The van der Waals surface area contributed by atoms with E-state index in [1.165, 1.54) is 12.1 Å². The van der Waals surface area contributed by atoms with Crippen molar-refractivity contribution in [2.24, 2.45) is 0 Å². The minimum Gasteiger partial charge on any atom is -0.258 e. The van der Waals surface area contributed by atoms with E-state index in [-0.39, 0.29) is 12.0 Å². The predicted molar refractivity (Wildman–Crippen MR) is 75.5 cm³/mol. The second-order valence-electron chi connectivity index (χ2n) is 4.86. The largest absolute Gasteiger partial charge is 0.484 e. The molecule has 0 N–H and O–H groups in total. The molecule has 0 aromatic heterocycles. The molecule has 0 saturated carbocycles. The van der Waals surface area contributed by atoms with Crippen molar-refractivity contribution in [2.45, 2.75) is 51.1 Å². The molecule has 0 saturated heterocycles. The number of nitrogens with zero attached hydrogens (tertiary/aromatic N) is 2. The average Bonchev–Trinajstić information content (AvgIpc) is 2.43. The number of benzene rings is 1. The lowest BCUT2D eigenvalue weighted by Crippen LogP contribution is -2.43. The molecule has 110 valence electrons. The quantitative estimate of drug-likeness (QED) is 0.298. The zero-order chi connectivity index (χ0) is 15.0. The van der Waals surface area contributed by atoms with Gasteiger partial charge in [-0.15, -0.1) is 0 Å². The van der Waals surface area contributed by atoms with E-state index < -0.39 is 15.5 Å². The summed E-state index contributed by atoms with van der Waals surface area (Å²) in [6.45, 7) is 2.07. The summed E-state index contributed by atoms with van der Waals surface area (Å²) in [7, 11) is 0. The van der Waals surface area contributed by atoms with Gasteiger partial charge in [-0.3, -0.25) is 20.2 Å². The summed E-state index contributed by atoms with van der Waals surface area (Å²) < 4.78 is 0. The van der Waals surface area contributed by atoms with Gasteiger partial charge in [0.2, 0.25) is 0 Å². The molecule has 6 heteroatoms. The van der Waals surface area contributed by atoms with Crippen molar-refractivity contribution in [1.29, 1.82) is 0 Å². The zero-order valence-electron chi connectivity index (χ0n) is 11.7. The van der Waals surface area contributed by atoms with Crippen LogP contribution in [-0.2, 0) is 5.66 Å². The van der Waals surface area contributed by atoms with Crippen LogP contribution in [0.5, 0.6) is 0 Å². The molecule has 0 amide bonds. The Hall–Kier alpha value is -1.98. The standard InChI is InChI=1S/C14H20N2O4/c1-2-3-4-5-9-12-14(15(17)18,16(19)20)13-10-7-6-8-11-13/h6-8,10-11H,2-5,9,12H2,1H3. The maximum absolute atomic E-state index is 11.3. The molecule has 1 aromatic carbocycles. The molecule has 0 aliphatic rings. The highest BCUT2D eigenvalue weighted by Crippen LogP contribution is 2.31. The van der Waals surface area contributed by atoms with Gasteiger partial charge in [0.1, 0.15) is 15.4 Å². The van der Waals surface area contributed by atoms with Gasteiger partial charge in [0, 0.05) is 0 Å². The van der Waals surface area contributed by atoms with Crippen molar-refractivity contribution in [2.75, 3.05) is 0 Å². The van der Waals surface area contributed by atoms with Crippen molar-refractivity contribution in [3.05, 3.63) is 56.1 Å². The molecule has 0 spiro atoms. The highest BCUT2D eigenvalue weighted by molar-refractivity contribution is 5.19. The van der Waals surface area contributed by atoms with Crippen LogP contribution in [0.2, 0.25) is 0 Å². The third-order valence-electron chi connectivity index (χ3n) is 3.47. The monoisotopic (exact) mass is 280 g/mol. The lowest BCUT2D eigenvalue weighted by molar-refractivity contribution is -0.811. The van der Waals surface area contributed by atoms with Gasteiger partial charge in [-0.05, 0) is 18.6 Å². The minimum absolute atomic E-state index is 0.0687. The van der Waals surface area contributed by atoms with Gasteiger partial charge in [0.15, 0.2) is 0 Å². The molecule has 6 nitrogen and oxygen atoms in total. The van der Waals surface area contributed by atoms with Crippen LogP contribution in [0.1, 0.15) is 51.0 Å². The fourth-order valence-corrected chi connectivity index (χ4v) is 2.28. The van der Waals surface area contributed by atoms with Crippen LogP contribution in [0, 0.1) is 20.2 Å². The van der Waals surface area contributed by atoms with E-state index >= 15 is 0 Å². The maximum atomic E-state index is 11.3. The van der Waals surface area contributed by atoms with E-state index in [4.69, 9.17) is 0 Å². The van der Waals surface area contributed by atoms with E-state index in [1.807, 2.05) is 0 Å². The van der Waals surface area contributed by atoms with Crippen LogP contribution in [0.3, 0.4) is 0 Å². The Balaban J connectivity index is 2.90. The topological polar surface area (TPSA) is 86.3 Å². The lowest BCUT2D eigenvalue weighted by atomic mass is 9.94. The van der Waals surface area contributed by atoms with Gasteiger partial charge in [-0.1, -0.05) is 50.8 Å². The SMILES string of the molecule is CCCCCCCC(c1ccccc1)([N+](=O)[O-])[N+](=O)[O-]. The zero-order valence-corrected chi connectivity index (χ0v) is 11.7. The molecule has 0 atom stereocenters.